The molecule has 2 heterocycles. The number of nitrogens with zero attached hydrogens (tertiary/aromatic N) is 3. The van der Waals surface area contributed by atoms with Crippen LogP contribution in [0.3, 0.4) is 0 Å². The normalized spacial score (nSPS) is 11.5. The lowest BCUT2D eigenvalue weighted by atomic mass is 10.1. The van der Waals surface area contributed by atoms with E-state index in [4.69, 9.17) is 10.8 Å². The third-order valence-electron chi connectivity index (χ3n) is 3.37. The van der Waals surface area contributed by atoms with E-state index < -0.39 is 6.09 Å². The highest BCUT2D eigenvalue weighted by atomic mass is 32.1. The minimum atomic E-state index is -1.08. The molecule has 1 amide bonds. The van der Waals surface area contributed by atoms with E-state index in [1.807, 2.05) is 41.8 Å². The molecular weight excluding hydrogens is 326 g/mol. The molecule has 7 nitrogen and oxygen atoms in total. The monoisotopic (exact) mass is 341 g/mol. The predicted octanol–water partition coefficient (Wildman–Crippen LogP) is 3.29. The van der Waals surface area contributed by atoms with Crippen molar-refractivity contribution >= 4 is 34.9 Å². The average Bonchev–Trinajstić information content (AvgIpc) is 3.26. The molecule has 0 saturated carbocycles. The van der Waals surface area contributed by atoms with Crippen LogP contribution in [0.2, 0.25) is 0 Å². The van der Waals surface area contributed by atoms with E-state index in [2.05, 4.69) is 15.0 Å². The van der Waals surface area contributed by atoms with Gasteiger partial charge in [0.1, 0.15) is 5.84 Å². The minimum Gasteiger partial charge on any atom is -0.465 e. The molecule has 0 aliphatic rings. The Balaban J connectivity index is 1.80. The van der Waals surface area contributed by atoms with Crippen molar-refractivity contribution in [2.75, 3.05) is 11.9 Å². The van der Waals surface area contributed by atoms with Gasteiger partial charge in [0.2, 0.25) is 5.95 Å². The zero-order valence-electron chi connectivity index (χ0n) is 12.8. The van der Waals surface area contributed by atoms with E-state index in [-0.39, 0.29) is 5.95 Å². The molecule has 0 spiro atoms. The quantitative estimate of drug-likeness (QED) is 0.500. The van der Waals surface area contributed by atoms with Crippen molar-refractivity contribution in [2.24, 2.45) is 10.7 Å². The van der Waals surface area contributed by atoms with E-state index in [1.54, 1.807) is 6.20 Å². The lowest BCUT2D eigenvalue weighted by molar-refractivity contribution is 0.203. The van der Waals surface area contributed by atoms with Crippen LogP contribution in [-0.2, 0) is 0 Å². The number of benzene rings is 1. The summed E-state index contributed by atoms with van der Waals surface area (Å²) in [5, 5.41) is 10.9. The molecule has 0 radical (unpaired) electrons. The predicted molar refractivity (Wildman–Crippen MR) is 95.2 cm³/mol. The van der Waals surface area contributed by atoms with Gasteiger partial charge in [0.25, 0.3) is 0 Å². The Hall–Kier alpha value is -3.13. The first kappa shape index (κ1) is 15.8. The molecule has 0 bridgehead atoms. The number of amidine groups is 1. The first-order chi connectivity index (χ1) is 11.5. The van der Waals surface area contributed by atoms with Crippen LogP contribution in [0.1, 0.15) is 4.88 Å². The second-order valence-electron chi connectivity index (χ2n) is 4.98. The van der Waals surface area contributed by atoms with Crippen molar-refractivity contribution in [2.45, 2.75) is 0 Å². The molecule has 8 heteroatoms. The number of aromatic amines is 1. The number of H-pyrrole nitrogens is 1. The van der Waals surface area contributed by atoms with Gasteiger partial charge in [0.15, 0.2) is 0 Å². The number of imidazole rings is 1. The fraction of sp³-hybridized carbons (Fsp3) is 0.0625. The van der Waals surface area contributed by atoms with Crippen LogP contribution < -0.4 is 10.6 Å². The number of amides is 1. The minimum absolute atomic E-state index is 0.265. The number of carboxylic acid groups (broad SMARTS) is 1. The number of hydrogen-bond acceptors (Lipinski definition) is 4. The summed E-state index contributed by atoms with van der Waals surface area (Å²) in [6, 6.07) is 11.3. The number of carbonyl (C=O) groups is 1. The Labute approximate surface area is 142 Å². The maximum atomic E-state index is 10.9. The number of rotatable bonds is 4. The average molecular weight is 341 g/mol. The molecule has 3 aromatic rings. The van der Waals surface area contributed by atoms with Crippen LogP contribution in [0.25, 0.3) is 11.3 Å². The van der Waals surface area contributed by atoms with Crippen LogP contribution in [0.4, 0.5) is 16.4 Å². The number of aromatic nitrogens is 2. The van der Waals surface area contributed by atoms with E-state index in [1.165, 1.54) is 18.4 Å². The van der Waals surface area contributed by atoms with Gasteiger partial charge < -0.3 is 15.8 Å². The number of nitrogens with two attached hydrogens (primary N) is 1. The third-order valence-corrected chi connectivity index (χ3v) is 4.26. The van der Waals surface area contributed by atoms with Gasteiger partial charge in [-0.15, -0.1) is 11.3 Å². The number of aliphatic imine (C=N–C) groups is 1. The fourth-order valence-electron chi connectivity index (χ4n) is 2.05. The molecule has 24 heavy (non-hydrogen) atoms. The second kappa shape index (κ2) is 6.55. The lowest BCUT2D eigenvalue weighted by Gasteiger charge is -2.07. The van der Waals surface area contributed by atoms with E-state index in [0.29, 0.717) is 5.84 Å². The smallest absolute Gasteiger partial charge is 0.413 e. The summed E-state index contributed by atoms with van der Waals surface area (Å²) in [5.41, 5.74) is 8.31. The maximum absolute atomic E-state index is 10.9. The van der Waals surface area contributed by atoms with Gasteiger partial charge in [-0.3, -0.25) is 4.90 Å². The first-order valence-electron chi connectivity index (χ1n) is 7.05. The Morgan fingerprint density at radius 3 is 2.71 bits per heavy atom. The summed E-state index contributed by atoms with van der Waals surface area (Å²) in [6.45, 7) is 0. The number of hydrogen-bond donors (Lipinski definition) is 3. The van der Waals surface area contributed by atoms with Crippen molar-refractivity contribution in [3.05, 3.63) is 52.9 Å². The molecular formula is C16H15N5O2S. The van der Waals surface area contributed by atoms with Gasteiger partial charge in [-0.1, -0.05) is 18.2 Å². The molecule has 0 fully saturated rings. The summed E-state index contributed by atoms with van der Waals surface area (Å²) >= 11 is 1.54. The van der Waals surface area contributed by atoms with Gasteiger partial charge in [-0.05, 0) is 29.1 Å². The van der Waals surface area contributed by atoms with Crippen LogP contribution in [0, 0.1) is 0 Å². The van der Waals surface area contributed by atoms with Crippen LogP contribution in [-0.4, -0.2) is 34.1 Å². The SMILES string of the molecule is CN(C(=O)O)c1ncc(-c2ccc(N=C(N)c3cccs3)cc2)[nH]1. The zero-order chi connectivity index (χ0) is 17.1. The van der Waals surface area contributed by atoms with Gasteiger partial charge in [0, 0.05) is 7.05 Å². The molecule has 0 aliphatic heterocycles. The summed E-state index contributed by atoms with van der Waals surface area (Å²) < 4.78 is 0. The van der Waals surface area contributed by atoms with Crippen LogP contribution in [0.15, 0.2) is 53.0 Å². The van der Waals surface area contributed by atoms with E-state index in [0.717, 1.165) is 26.7 Å². The highest BCUT2D eigenvalue weighted by Crippen LogP contribution is 2.23. The van der Waals surface area contributed by atoms with Gasteiger partial charge in [0.05, 0.1) is 22.5 Å². The Kier molecular flexibility index (Phi) is 4.30. The fourth-order valence-corrected chi connectivity index (χ4v) is 2.68. The molecule has 2 aromatic heterocycles. The number of anilines is 1. The zero-order valence-corrected chi connectivity index (χ0v) is 13.6. The van der Waals surface area contributed by atoms with Crippen molar-refractivity contribution in [3.63, 3.8) is 0 Å². The van der Waals surface area contributed by atoms with Crippen molar-refractivity contribution < 1.29 is 9.90 Å². The van der Waals surface area contributed by atoms with Crippen molar-refractivity contribution in [1.82, 2.24) is 9.97 Å². The Bertz CT molecular complexity index is 868. The Morgan fingerprint density at radius 2 is 2.08 bits per heavy atom. The molecule has 3 rings (SSSR count). The van der Waals surface area contributed by atoms with Crippen LogP contribution >= 0.6 is 11.3 Å². The second-order valence-corrected chi connectivity index (χ2v) is 5.93. The maximum Gasteiger partial charge on any atom is 0.413 e. The third kappa shape index (κ3) is 3.28. The standard InChI is InChI=1S/C16H15N5O2S/c1-21(16(22)23)15-18-9-12(20-15)10-4-6-11(7-5-10)19-14(17)13-3-2-8-24-13/h2-9H,1H3,(H2,17,19)(H,18,20)(H,22,23). The molecule has 4 N–H and O–H groups in total. The van der Waals surface area contributed by atoms with Crippen molar-refractivity contribution in [1.29, 1.82) is 0 Å². The molecule has 0 atom stereocenters. The lowest BCUT2D eigenvalue weighted by Crippen LogP contribution is -2.24. The molecule has 0 saturated heterocycles. The Morgan fingerprint density at radius 1 is 1.33 bits per heavy atom. The molecule has 1 aromatic carbocycles. The van der Waals surface area contributed by atoms with Gasteiger partial charge in [-0.2, -0.15) is 0 Å². The highest BCUT2D eigenvalue weighted by molar-refractivity contribution is 7.12. The summed E-state index contributed by atoms with van der Waals surface area (Å²) in [5.74, 6) is 0.742. The first-order valence-corrected chi connectivity index (χ1v) is 7.92. The van der Waals surface area contributed by atoms with E-state index >= 15 is 0 Å². The highest BCUT2D eigenvalue weighted by Gasteiger charge is 2.12. The molecule has 122 valence electrons. The summed E-state index contributed by atoms with van der Waals surface area (Å²) in [6.07, 6.45) is 0.511. The van der Waals surface area contributed by atoms with Crippen LogP contribution in [0.5, 0.6) is 0 Å². The van der Waals surface area contributed by atoms with Crippen molar-refractivity contribution in [3.8, 4) is 11.3 Å². The largest absolute Gasteiger partial charge is 0.465 e. The molecule has 0 aliphatic carbocycles. The topological polar surface area (TPSA) is 108 Å². The number of thiophene rings is 1. The van der Waals surface area contributed by atoms with Gasteiger partial charge >= 0.3 is 6.09 Å². The van der Waals surface area contributed by atoms with E-state index in [9.17, 15) is 4.79 Å². The summed E-state index contributed by atoms with van der Waals surface area (Å²) in [4.78, 5) is 24.3. The molecule has 0 unspecified atom stereocenters. The number of nitrogens with one attached hydrogen (secondary N) is 1. The summed E-state index contributed by atoms with van der Waals surface area (Å²) in [7, 11) is 1.43. The van der Waals surface area contributed by atoms with Gasteiger partial charge in [-0.25, -0.2) is 14.8 Å².